The van der Waals surface area contributed by atoms with Crippen LogP contribution in [0.2, 0.25) is 0 Å². The lowest BCUT2D eigenvalue weighted by atomic mass is 9.89. The molecule has 4 heterocycles. The van der Waals surface area contributed by atoms with Crippen molar-refractivity contribution in [3.05, 3.63) is 51.7 Å². The first-order chi connectivity index (χ1) is 12.9. The fraction of sp³-hybridized carbons (Fsp3) is 0.500. The van der Waals surface area contributed by atoms with Gasteiger partial charge in [0.15, 0.2) is 5.65 Å². The number of hydrogen-bond donors (Lipinski definition) is 0. The zero-order chi connectivity index (χ0) is 19.1. The SMILES string of the molecule is C.Cc1cc(C2CCCN([C@@H](C)c3ccc4sc(C)nc4n3)C2)c(F)c(C)n1. The van der Waals surface area contributed by atoms with Gasteiger partial charge >= 0.3 is 0 Å². The normalized spacial score (nSPS) is 18.8. The Balaban J connectivity index is 0.00000225. The fourth-order valence-electron chi connectivity index (χ4n) is 4.11. The van der Waals surface area contributed by atoms with E-state index in [1.54, 1.807) is 18.3 Å². The van der Waals surface area contributed by atoms with E-state index in [1.807, 2.05) is 19.9 Å². The molecule has 0 N–H and O–H groups in total. The van der Waals surface area contributed by atoms with Crippen molar-refractivity contribution in [3.8, 4) is 0 Å². The maximum Gasteiger partial charge on any atom is 0.170 e. The van der Waals surface area contributed by atoms with Gasteiger partial charge < -0.3 is 0 Å². The minimum Gasteiger partial charge on any atom is -0.294 e. The topological polar surface area (TPSA) is 41.9 Å². The lowest BCUT2D eigenvalue weighted by Crippen LogP contribution is -2.37. The first-order valence-corrected chi connectivity index (χ1v) is 10.4. The predicted molar refractivity (Wildman–Crippen MR) is 115 cm³/mol. The van der Waals surface area contributed by atoms with E-state index in [4.69, 9.17) is 4.98 Å². The Morgan fingerprint density at radius 1 is 1.18 bits per heavy atom. The zero-order valence-corrected chi connectivity index (χ0v) is 17.1. The average molecular weight is 401 g/mol. The van der Waals surface area contributed by atoms with Crippen LogP contribution >= 0.6 is 11.3 Å². The number of hydrogen-bond acceptors (Lipinski definition) is 5. The molecule has 2 atom stereocenters. The average Bonchev–Trinajstić information content (AvgIpc) is 3.03. The number of aromatic nitrogens is 3. The van der Waals surface area contributed by atoms with Crippen LogP contribution in [0.25, 0.3) is 10.3 Å². The maximum absolute atomic E-state index is 14.7. The molecule has 1 aliphatic rings. The third-order valence-corrected chi connectivity index (χ3v) is 6.46. The van der Waals surface area contributed by atoms with Gasteiger partial charge in [-0.3, -0.25) is 9.88 Å². The lowest BCUT2D eigenvalue weighted by molar-refractivity contribution is 0.154. The Kier molecular flexibility index (Phi) is 6.10. The van der Waals surface area contributed by atoms with Gasteiger partial charge in [-0.05, 0) is 76.8 Å². The van der Waals surface area contributed by atoms with Crippen LogP contribution in [-0.4, -0.2) is 32.9 Å². The quantitative estimate of drug-likeness (QED) is 0.563. The molecule has 0 amide bonds. The maximum atomic E-state index is 14.7. The third kappa shape index (κ3) is 3.94. The molecular weight excluding hydrogens is 371 g/mol. The Morgan fingerprint density at radius 3 is 2.75 bits per heavy atom. The van der Waals surface area contributed by atoms with Gasteiger partial charge in [0.05, 0.1) is 21.1 Å². The van der Waals surface area contributed by atoms with Gasteiger partial charge in [0, 0.05) is 18.3 Å². The number of aryl methyl sites for hydroxylation is 3. The van der Waals surface area contributed by atoms with Gasteiger partial charge in [-0.15, -0.1) is 11.3 Å². The highest BCUT2D eigenvalue weighted by molar-refractivity contribution is 7.18. The molecule has 4 nitrogen and oxygen atoms in total. The van der Waals surface area contributed by atoms with E-state index in [0.29, 0.717) is 5.69 Å². The predicted octanol–water partition coefficient (Wildman–Crippen LogP) is 5.73. The van der Waals surface area contributed by atoms with E-state index in [9.17, 15) is 4.39 Å². The van der Waals surface area contributed by atoms with Gasteiger partial charge in [0.1, 0.15) is 5.82 Å². The van der Waals surface area contributed by atoms with Crippen LogP contribution in [0.15, 0.2) is 18.2 Å². The van der Waals surface area contributed by atoms with E-state index in [2.05, 4.69) is 33.9 Å². The Bertz CT molecular complexity index is 984. The molecule has 1 fully saturated rings. The molecule has 150 valence electrons. The second kappa shape index (κ2) is 8.21. The Morgan fingerprint density at radius 2 is 1.96 bits per heavy atom. The first-order valence-electron chi connectivity index (χ1n) is 9.54. The zero-order valence-electron chi connectivity index (χ0n) is 16.3. The minimum absolute atomic E-state index is 0. The highest BCUT2D eigenvalue weighted by atomic mass is 32.1. The Labute approximate surface area is 170 Å². The molecule has 6 heteroatoms. The smallest absolute Gasteiger partial charge is 0.170 e. The molecule has 0 aliphatic carbocycles. The lowest BCUT2D eigenvalue weighted by Gasteiger charge is -2.37. The van der Waals surface area contributed by atoms with Crippen molar-refractivity contribution in [3.63, 3.8) is 0 Å². The molecule has 3 aromatic heterocycles. The summed E-state index contributed by atoms with van der Waals surface area (Å²) in [6.45, 7) is 9.75. The number of nitrogens with zero attached hydrogens (tertiary/aromatic N) is 4. The molecule has 28 heavy (non-hydrogen) atoms. The van der Waals surface area contributed by atoms with Crippen molar-refractivity contribution in [2.75, 3.05) is 13.1 Å². The summed E-state index contributed by atoms with van der Waals surface area (Å²) >= 11 is 1.68. The van der Waals surface area contributed by atoms with Crippen molar-refractivity contribution in [1.82, 2.24) is 19.9 Å². The van der Waals surface area contributed by atoms with Gasteiger partial charge in [-0.25, -0.2) is 14.4 Å². The summed E-state index contributed by atoms with van der Waals surface area (Å²) in [4.78, 5) is 16.0. The molecule has 0 saturated carbocycles. The molecule has 0 radical (unpaired) electrons. The van der Waals surface area contributed by atoms with Crippen LogP contribution in [0, 0.1) is 26.6 Å². The largest absolute Gasteiger partial charge is 0.294 e. The first kappa shape index (κ1) is 20.8. The van der Waals surface area contributed by atoms with Gasteiger partial charge in [-0.1, -0.05) is 7.43 Å². The van der Waals surface area contributed by atoms with E-state index in [0.717, 1.165) is 58.2 Å². The molecule has 0 aromatic carbocycles. The molecular formula is C22H29FN4S. The van der Waals surface area contributed by atoms with Crippen LogP contribution in [0.1, 0.15) is 66.8 Å². The Hall–Kier alpha value is -1.92. The summed E-state index contributed by atoms with van der Waals surface area (Å²) in [5, 5.41) is 1.04. The molecule has 0 bridgehead atoms. The second-order valence-corrected chi connectivity index (χ2v) is 8.79. The number of likely N-dealkylation sites (tertiary alicyclic amines) is 1. The van der Waals surface area contributed by atoms with Crippen LogP contribution < -0.4 is 0 Å². The molecule has 4 rings (SSSR count). The molecule has 1 unspecified atom stereocenters. The monoisotopic (exact) mass is 400 g/mol. The van der Waals surface area contributed by atoms with Crippen LogP contribution in [0.5, 0.6) is 0 Å². The van der Waals surface area contributed by atoms with Crippen molar-refractivity contribution in [2.45, 2.75) is 59.9 Å². The highest BCUT2D eigenvalue weighted by Crippen LogP contribution is 2.34. The number of halogens is 1. The van der Waals surface area contributed by atoms with Crippen LogP contribution in [0.4, 0.5) is 4.39 Å². The fourth-order valence-corrected chi connectivity index (χ4v) is 4.88. The van der Waals surface area contributed by atoms with Crippen molar-refractivity contribution in [1.29, 1.82) is 0 Å². The van der Waals surface area contributed by atoms with Crippen molar-refractivity contribution < 1.29 is 4.39 Å². The number of thiazole rings is 1. The summed E-state index contributed by atoms with van der Waals surface area (Å²) < 4.78 is 15.8. The summed E-state index contributed by atoms with van der Waals surface area (Å²) in [6.07, 6.45) is 2.08. The summed E-state index contributed by atoms with van der Waals surface area (Å²) in [6, 6.07) is 6.33. The third-order valence-electron chi connectivity index (χ3n) is 5.53. The van der Waals surface area contributed by atoms with Crippen LogP contribution in [0.3, 0.4) is 0 Å². The minimum atomic E-state index is -0.141. The van der Waals surface area contributed by atoms with E-state index < -0.39 is 0 Å². The van der Waals surface area contributed by atoms with Gasteiger partial charge in [0.2, 0.25) is 0 Å². The standard InChI is InChI=1S/C21H25FN4S.CH4/c1-12-10-17(20(22)13(2)23-12)16-6-5-9-26(11-16)14(3)18-7-8-19-21(25-18)24-15(4)27-19;/h7-8,10,14,16H,5-6,9,11H2,1-4H3;1H4/t14-,16?;/m0./s1. The van der Waals surface area contributed by atoms with Gasteiger partial charge in [0.25, 0.3) is 0 Å². The van der Waals surface area contributed by atoms with E-state index >= 15 is 0 Å². The van der Waals surface area contributed by atoms with E-state index in [1.165, 1.54) is 0 Å². The number of pyridine rings is 2. The van der Waals surface area contributed by atoms with E-state index in [-0.39, 0.29) is 25.2 Å². The second-order valence-electron chi connectivity index (χ2n) is 7.55. The highest BCUT2D eigenvalue weighted by Gasteiger charge is 2.28. The molecule has 0 spiro atoms. The van der Waals surface area contributed by atoms with Crippen molar-refractivity contribution >= 4 is 21.7 Å². The van der Waals surface area contributed by atoms with Gasteiger partial charge in [-0.2, -0.15) is 0 Å². The molecule has 3 aromatic rings. The molecule has 1 saturated heterocycles. The summed E-state index contributed by atoms with van der Waals surface area (Å²) in [5.74, 6) is 0.0597. The number of rotatable bonds is 3. The van der Waals surface area contributed by atoms with Crippen LogP contribution in [-0.2, 0) is 0 Å². The number of fused-ring (bicyclic) bond motifs is 1. The van der Waals surface area contributed by atoms with Crippen molar-refractivity contribution in [2.24, 2.45) is 0 Å². The number of piperidine rings is 1. The summed E-state index contributed by atoms with van der Waals surface area (Å²) in [5.41, 5.74) is 4.08. The summed E-state index contributed by atoms with van der Waals surface area (Å²) in [7, 11) is 0. The molecule has 1 aliphatic heterocycles.